The first-order valence-electron chi connectivity index (χ1n) is 25.3. The van der Waals surface area contributed by atoms with Crippen LogP contribution in [0.2, 0.25) is 0 Å². The number of unbranched alkanes of at least 4 members (excludes halogenated alkanes) is 17. The summed E-state index contributed by atoms with van der Waals surface area (Å²) in [6, 6.07) is 24.6. The fourth-order valence-corrected chi connectivity index (χ4v) is 9.02. The minimum atomic E-state index is -1.99. The average molecular weight is 1490 g/mol. The molecule has 3 aromatic carbocycles. The molecule has 0 aliphatic carbocycles. The van der Waals surface area contributed by atoms with Crippen molar-refractivity contribution >= 4 is 26.8 Å². The molecule has 0 bridgehead atoms. The maximum Gasteiger partial charge on any atom is 0.232 e. The molecule has 4 N–H and O–H groups in total. The van der Waals surface area contributed by atoms with Crippen LogP contribution in [0, 0.1) is 88.5 Å². The van der Waals surface area contributed by atoms with Gasteiger partial charge in [0.05, 0.1) is 48.6 Å². The van der Waals surface area contributed by atoms with Crippen LogP contribution in [0.15, 0.2) is 78.9 Å². The van der Waals surface area contributed by atoms with Gasteiger partial charge in [0.1, 0.15) is 23.0 Å². The predicted octanol–water partition coefficient (Wildman–Crippen LogP) is 12.4. The molecule has 3 aromatic rings. The Labute approximate surface area is 483 Å². The molecule has 0 aromatic heterocycles. The van der Waals surface area contributed by atoms with Gasteiger partial charge in [-0.2, -0.15) is 6.41 Å². The number of rotatable bonds is 41. The number of benzene rings is 3. The van der Waals surface area contributed by atoms with Crippen molar-refractivity contribution in [3.05, 3.63) is 101 Å². The van der Waals surface area contributed by atoms with Crippen LogP contribution in [0.3, 0.4) is 0 Å². The minimum Gasteiger partial charge on any atom is -0.604 e. The van der Waals surface area contributed by atoms with E-state index < -0.39 is 32.0 Å². The van der Waals surface area contributed by atoms with Crippen molar-refractivity contribution in [2.24, 2.45) is 5.92 Å². The van der Waals surface area contributed by atoms with E-state index in [1.54, 1.807) is 20.6 Å². The predicted molar refractivity (Wildman–Crippen MR) is 272 cm³/mol. The zero-order chi connectivity index (χ0) is 48.2. The number of amides is 3. The van der Waals surface area contributed by atoms with Crippen LogP contribution in [0.1, 0.15) is 165 Å². The third-order valence-electron chi connectivity index (χ3n) is 12.2. The van der Waals surface area contributed by atoms with Gasteiger partial charge in [-0.25, -0.2) is 0 Å². The molecule has 0 saturated carbocycles. The summed E-state index contributed by atoms with van der Waals surface area (Å²) in [5.74, 6) is -0.280. The van der Waals surface area contributed by atoms with Crippen molar-refractivity contribution in [2.75, 3.05) is 47.1 Å². The van der Waals surface area contributed by atoms with Gasteiger partial charge in [-0.1, -0.05) is 178 Å². The molecule has 12 nitrogen and oxygen atoms in total. The van der Waals surface area contributed by atoms with Crippen molar-refractivity contribution in [3.63, 3.8) is 0 Å². The number of hydrogen-bond donors (Lipinski definition) is 3. The normalized spacial score (nSPS) is 12.2. The van der Waals surface area contributed by atoms with Gasteiger partial charge >= 0.3 is 0 Å². The molecule has 3 atom stereocenters. The number of ether oxygens (including phenoxy) is 3. The first kappa shape index (κ1) is 67.7. The molecule has 3 rings (SSSR count). The molecule has 3 unspecified atom stereocenters. The minimum absolute atomic E-state index is 0. The molecule has 0 fully saturated rings. The summed E-state index contributed by atoms with van der Waals surface area (Å²) in [4.78, 5) is 38.9. The molecule has 0 spiro atoms. The smallest absolute Gasteiger partial charge is 0.232 e. The summed E-state index contributed by atoms with van der Waals surface area (Å²) in [5, 5.41) is 8.71. The van der Waals surface area contributed by atoms with E-state index in [-0.39, 0.29) is 102 Å². The monoisotopic (exact) mass is 1490 g/mol. The van der Waals surface area contributed by atoms with Gasteiger partial charge in [0.15, 0.2) is 0 Å². The molecule has 70 heavy (non-hydrogen) atoms. The second-order valence-corrected chi connectivity index (χ2v) is 18.5. The van der Waals surface area contributed by atoms with Crippen molar-refractivity contribution in [1.82, 2.24) is 16.0 Å². The zero-order valence-corrected chi connectivity index (χ0v) is 53.4. The molecule has 0 saturated heterocycles. The quantitative estimate of drug-likeness (QED) is 0.0127. The summed E-state index contributed by atoms with van der Waals surface area (Å²) < 4.78 is 29.8. The van der Waals surface area contributed by atoms with Crippen LogP contribution in [0.4, 0.5) is 0 Å². The zero-order valence-electron chi connectivity index (χ0n) is 42.7. The van der Waals surface area contributed by atoms with E-state index in [2.05, 4.69) is 22.9 Å². The van der Waals surface area contributed by atoms with E-state index in [9.17, 15) is 14.4 Å². The Morgan fingerprint density at radius 3 is 1.56 bits per heavy atom. The summed E-state index contributed by atoms with van der Waals surface area (Å²) >= 11 is 0. The van der Waals surface area contributed by atoms with Gasteiger partial charge in [0.2, 0.25) is 11.8 Å². The maximum atomic E-state index is 14.5. The summed E-state index contributed by atoms with van der Waals surface area (Å²) in [5.41, 5.74) is 9.82. The van der Waals surface area contributed by atoms with E-state index in [1.807, 2.05) is 85.8 Å². The van der Waals surface area contributed by atoms with Crippen LogP contribution in [-0.2, 0) is 33.8 Å². The third kappa shape index (κ3) is 26.6. The fraction of sp³-hybridized carbons (Fsp3) is 0.611. The summed E-state index contributed by atoms with van der Waals surface area (Å²) in [6.07, 6.45) is 24.9. The summed E-state index contributed by atoms with van der Waals surface area (Å²) in [6.45, 7) is 5.46. The second kappa shape index (κ2) is 43.1. The van der Waals surface area contributed by atoms with Gasteiger partial charge in [-0.15, -0.1) is 0 Å². The number of hydrogen-bond acceptors (Lipinski definition) is 8. The van der Waals surface area contributed by atoms with Crippen LogP contribution in [0.5, 0.6) is 11.5 Å². The van der Waals surface area contributed by atoms with Crippen LogP contribution >= 0.6 is 8.53 Å². The molecule has 2 radical (unpaired) electrons. The van der Waals surface area contributed by atoms with E-state index in [0.29, 0.717) is 44.0 Å². The van der Waals surface area contributed by atoms with E-state index >= 15 is 0 Å². The van der Waals surface area contributed by atoms with Crippen LogP contribution < -0.4 is 25.4 Å². The molecular weight excluding hydrogens is 1400 g/mol. The number of carbonyl (C=O) groups is 2. The van der Waals surface area contributed by atoms with Gasteiger partial charge in [0, 0.05) is 89.1 Å². The van der Waals surface area contributed by atoms with Crippen LogP contribution in [-0.4, -0.2) is 71.4 Å². The Hall–Kier alpha value is -2.33. The Kier molecular flexibility index (Phi) is 41.7. The number of methoxy groups -OCH3 is 2. The summed E-state index contributed by atoms with van der Waals surface area (Å²) in [7, 11) is 1.27. The SMILES string of the molecule is CCCCCCCCCCCCCCCCCCC(C(=O)NCCCCCN[C-]=O)C(=O)NC(COP([NH-])OCCC)COC(c1ccccc1)(c1ccc(OC)cc1)c1ccc(OC)cc1.[Fm].[Pr].[Pr]. The second-order valence-electron chi connectivity index (χ2n) is 17.4. The third-order valence-corrected chi connectivity index (χ3v) is 13.0. The van der Waals surface area contributed by atoms with Crippen molar-refractivity contribution < 1.29 is 120 Å². The molecule has 3 amide bonds. The molecule has 0 heterocycles. The number of carbonyl (C=O) groups excluding carboxylic acids is 3. The molecular formula is C54H83FmN4O8PPr2-2. The Bertz CT molecular complexity index is 1690. The van der Waals surface area contributed by atoms with E-state index in [4.69, 9.17) is 28.8 Å². The molecule has 0 aliphatic rings. The average Bonchev–Trinajstić information content (AvgIpc) is 3.36. The topological polar surface area (TPSA) is 157 Å². The van der Waals surface area contributed by atoms with Crippen molar-refractivity contribution in [1.29, 1.82) is 0 Å². The van der Waals surface area contributed by atoms with E-state index in [1.165, 1.54) is 77.0 Å². The first-order chi connectivity index (χ1) is 32.8. The standard InChI is InChI=1S/C54H83N4O8P.Fm.2Pr/c1-5-7-8-9-10-11-12-13-14-15-16-17-18-19-20-25-30-51(52(60)57-40-27-22-26-39-56-44-59)53(61)58-48(43-66-67(55)65-41-6-2)42-64-54(45-28-23-21-24-29-45,46-31-35-49(62-3)36-32-46)47-33-37-50(63-4)38-34-47;;;/h21,23-24,28-29,31-38,48,51,55H,5-20,22,25-27,30,39-43H2,1-4H3,(H,56,59)(H,57,60)(H,58,61);;;/q-2;;;. The maximum absolute atomic E-state index is 14.5. The molecule has 392 valence electrons. The molecule has 0 aliphatic heterocycles. The Morgan fingerprint density at radius 1 is 0.600 bits per heavy atom. The van der Waals surface area contributed by atoms with Gasteiger partial charge < -0.3 is 49.5 Å². The largest absolute Gasteiger partial charge is 0.604 e. The Balaban J connectivity index is 0.0000159. The van der Waals surface area contributed by atoms with Gasteiger partial charge in [-0.05, 0) is 73.2 Å². The van der Waals surface area contributed by atoms with Crippen molar-refractivity contribution in [3.8, 4) is 11.5 Å². The fourth-order valence-electron chi connectivity index (χ4n) is 8.28. The number of nitrogens with one attached hydrogen (secondary N) is 4. The van der Waals surface area contributed by atoms with Gasteiger partial charge in [0.25, 0.3) is 0 Å². The van der Waals surface area contributed by atoms with Crippen molar-refractivity contribution in [2.45, 2.75) is 160 Å². The molecule has 16 heteroatoms. The first-order valence-corrected chi connectivity index (χ1v) is 26.4. The van der Waals surface area contributed by atoms with Crippen LogP contribution in [0.25, 0.3) is 5.50 Å². The van der Waals surface area contributed by atoms with Gasteiger partial charge in [-0.3, -0.25) is 9.59 Å². The Morgan fingerprint density at radius 2 is 1.07 bits per heavy atom. The van der Waals surface area contributed by atoms with E-state index in [0.717, 1.165) is 61.6 Å².